The maximum atomic E-state index is 15.1. The van der Waals surface area contributed by atoms with Gasteiger partial charge in [0.15, 0.2) is 0 Å². The standard InChI is InChI=1S/C41H57ClN6O8/c1-40(39(51)56-22-26-8-9-27(52-3)19-35(26)53-4)13-6-5-7-29(40)38(50)48-17-12-28-30(42)10-11-34(55-23-31(44)33(46(2)45)24-54-18-16-43)37(28)32(48)21-47-25-41(14-15-41)20-36(47)49/h8-11,19,29,32H,5-7,12-18,20-25,43-45H2,1-4H3/b33-31-/t29?,32?,40-/m0/s1. The number of fused-ring (bicyclic) bond motifs is 1. The van der Waals surface area contributed by atoms with Crippen molar-refractivity contribution in [3.63, 3.8) is 0 Å². The Balaban J connectivity index is 1.30. The molecule has 0 aromatic heterocycles. The van der Waals surface area contributed by atoms with E-state index in [1.165, 1.54) is 5.01 Å². The number of benzene rings is 2. The molecule has 3 atom stereocenters. The number of carbonyl (C=O) groups excluding carboxylic acids is 3. The van der Waals surface area contributed by atoms with Gasteiger partial charge in [-0.05, 0) is 74.3 Å². The number of esters is 1. The zero-order valence-electron chi connectivity index (χ0n) is 33.1. The molecule has 0 radical (unpaired) electrons. The van der Waals surface area contributed by atoms with Crippen molar-refractivity contribution >= 4 is 29.4 Å². The molecule has 306 valence electrons. The van der Waals surface area contributed by atoms with Crippen LogP contribution in [0.15, 0.2) is 41.7 Å². The van der Waals surface area contributed by atoms with E-state index < -0.39 is 23.3 Å². The molecule has 2 aromatic rings. The van der Waals surface area contributed by atoms with E-state index >= 15 is 4.79 Å². The van der Waals surface area contributed by atoms with Gasteiger partial charge in [-0.2, -0.15) is 0 Å². The van der Waals surface area contributed by atoms with E-state index in [4.69, 9.17) is 52.6 Å². The highest BCUT2D eigenvalue weighted by Gasteiger charge is 2.54. The molecule has 2 heterocycles. The smallest absolute Gasteiger partial charge is 0.312 e. The van der Waals surface area contributed by atoms with Gasteiger partial charge in [0, 0.05) is 61.9 Å². The van der Waals surface area contributed by atoms with Crippen LogP contribution in [-0.4, -0.2) is 99.9 Å². The Morgan fingerprint density at radius 3 is 2.52 bits per heavy atom. The third-order valence-electron chi connectivity index (χ3n) is 12.1. The van der Waals surface area contributed by atoms with Crippen molar-refractivity contribution in [3.05, 3.63) is 63.4 Å². The van der Waals surface area contributed by atoms with Crippen molar-refractivity contribution in [2.24, 2.45) is 34.1 Å². The molecular weight excluding hydrogens is 740 g/mol. The molecule has 2 aliphatic carbocycles. The summed E-state index contributed by atoms with van der Waals surface area (Å²) in [5, 5.41) is 1.94. The zero-order chi connectivity index (χ0) is 40.2. The average Bonchev–Trinajstić information content (AvgIpc) is 3.87. The van der Waals surface area contributed by atoms with Crippen molar-refractivity contribution in [1.29, 1.82) is 0 Å². The molecule has 6 rings (SSSR count). The number of hydrogen-bond donors (Lipinski definition) is 3. The van der Waals surface area contributed by atoms with Gasteiger partial charge >= 0.3 is 5.97 Å². The van der Waals surface area contributed by atoms with Crippen LogP contribution in [0.3, 0.4) is 0 Å². The van der Waals surface area contributed by atoms with E-state index in [1.807, 2.05) is 16.7 Å². The lowest BCUT2D eigenvalue weighted by Crippen LogP contribution is -2.53. The molecule has 2 aromatic carbocycles. The second-order valence-corrected chi connectivity index (χ2v) is 16.3. The van der Waals surface area contributed by atoms with Crippen LogP contribution in [0.1, 0.15) is 74.6 Å². The first kappa shape index (κ1) is 41.4. The molecule has 3 fully saturated rings. The number of nitrogens with zero attached hydrogens (tertiary/aromatic N) is 3. The number of rotatable bonds is 16. The summed E-state index contributed by atoms with van der Waals surface area (Å²) < 4.78 is 28.9. The van der Waals surface area contributed by atoms with Gasteiger partial charge in [0.25, 0.3) is 0 Å². The fourth-order valence-corrected chi connectivity index (χ4v) is 8.85. The second-order valence-electron chi connectivity index (χ2n) is 15.9. The summed E-state index contributed by atoms with van der Waals surface area (Å²) in [6, 6.07) is 8.32. The second kappa shape index (κ2) is 17.5. The van der Waals surface area contributed by atoms with Gasteiger partial charge in [-0.25, -0.2) is 5.84 Å². The van der Waals surface area contributed by atoms with E-state index in [-0.39, 0.29) is 43.6 Å². The first-order valence-electron chi connectivity index (χ1n) is 19.5. The molecule has 4 aliphatic rings. The third kappa shape index (κ3) is 8.68. The Morgan fingerprint density at radius 2 is 1.84 bits per heavy atom. The molecule has 2 aliphatic heterocycles. The van der Waals surface area contributed by atoms with E-state index in [1.54, 1.807) is 51.6 Å². The van der Waals surface area contributed by atoms with Crippen LogP contribution in [0.5, 0.6) is 17.2 Å². The minimum Gasteiger partial charge on any atom is -0.497 e. The molecular formula is C41H57ClN6O8. The van der Waals surface area contributed by atoms with Crippen LogP contribution >= 0.6 is 11.6 Å². The third-order valence-corrected chi connectivity index (χ3v) is 12.5. The van der Waals surface area contributed by atoms with Gasteiger partial charge in [0.2, 0.25) is 11.8 Å². The predicted octanol–water partition coefficient (Wildman–Crippen LogP) is 4.07. The number of nitrogens with two attached hydrogens (primary N) is 3. The van der Waals surface area contributed by atoms with Crippen LogP contribution in [0.25, 0.3) is 0 Å². The van der Waals surface area contributed by atoms with Crippen molar-refractivity contribution in [1.82, 2.24) is 14.8 Å². The van der Waals surface area contributed by atoms with E-state index in [2.05, 4.69) is 0 Å². The summed E-state index contributed by atoms with van der Waals surface area (Å²) in [5.41, 5.74) is 14.3. The Labute approximate surface area is 334 Å². The Morgan fingerprint density at radius 1 is 1.05 bits per heavy atom. The SMILES string of the molecule is COc1ccc(COC(=O)[C@@]2(C)CCCCC2C(=O)N2CCc3c(Cl)ccc(OC/C(N)=C(\COCCN)N(C)N)c3C2CN2CC3(CC3)CC2=O)c(OC)c1. The maximum Gasteiger partial charge on any atom is 0.312 e. The van der Waals surface area contributed by atoms with Gasteiger partial charge in [0.1, 0.15) is 30.5 Å². The number of halogens is 1. The molecule has 2 saturated carbocycles. The number of methoxy groups -OCH3 is 2. The number of likely N-dealkylation sites (tertiary alicyclic amines) is 1. The van der Waals surface area contributed by atoms with Gasteiger partial charge in [-0.1, -0.05) is 24.4 Å². The summed E-state index contributed by atoms with van der Waals surface area (Å²) in [7, 11) is 4.79. The van der Waals surface area contributed by atoms with E-state index in [0.29, 0.717) is 91.2 Å². The summed E-state index contributed by atoms with van der Waals surface area (Å²) >= 11 is 6.89. The lowest BCUT2D eigenvalue weighted by atomic mass is 9.66. The first-order valence-corrected chi connectivity index (χ1v) is 19.9. The molecule has 14 nitrogen and oxygen atoms in total. The highest BCUT2D eigenvalue weighted by molar-refractivity contribution is 6.31. The Bertz CT molecular complexity index is 1820. The average molecular weight is 797 g/mol. The minimum absolute atomic E-state index is 0.0153. The van der Waals surface area contributed by atoms with Crippen molar-refractivity contribution in [3.8, 4) is 17.2 Å². The maximum absolute atomic E-state index is 15.1. The summed E-state index contributed by atoms with van der Waals surface area (Å²) in [5.74, 6) is 6.61. The minimum atomic E-state index is -1.08. The predicted molar refractivity (Wildman–Crippen MR) is 210 cm³/mol. The van der Waals surface area contributed by atoms with Crippen LogP contribution in [0.2, 0.25) is 5.02 Å². The molecule has 56 heavy (non-hydrogen) atoms. The largest absolute Gasteiger partial charge is 0.497 e. The van der Waals surface area contributed by atoms with Crippen LogP contribution < -0.4 is 31.5 Å². The number of ether oxygens (including phenoxy) is 5. The fraction of sp³-hybridized carbons (Fsp3) is 0.585. The van der Waals surface area contributed by atoms with Gasteiger partial charge < -0.3 is 50.0 Å². The van der Waals surface area contributed by atoms with E-state index in [0.717, 1.165) is 36.8 Å². The number of hydrazine groups is 1. The number of carbonyl (C=O) groups is 3. The molecule has 2 amide bonds. The lowest BCUT2D eigenvalue weighted by Gasteiger charge is -2.45. The molecule has 0 bridgehead atoms. The van der Waals surface area contributed by atoms with Gasteiger partial charge in [0.05, 0.1) is 56.2 Å². The fourth-order valence-electron chi connectivity index (χ4n) is 8.59. The quantitative estimate of drug-likeness (QED) is 0.0960. The van der Waals surface area contributed by atoms with E-state index in [9.17, 15) is 9.59 Å². The number of hydrogen-bond acceptors (Lipinski definition) is 12. The highest BCUT2D eigenvalue weighted by atomic mass is 35.5. The first-order chi connectivity index (χ1) is 26.8. The number of likely N-dealkylation sites (N-methyl/N-ethyl adjacent to an activating group) is 1. The molecule has 1 saturated heterocycles. The monoisotopic (exact) mass is 796 g/mol. The zero-order valence-corrected chi connectivity index (χ0v) is 33.8. The number of amides is 2. The summed E-state index contributed by atoms with van der Waals surface area (Å²) in [6.45, 7) is 3.94. The highest BCUT2D eigenvalue weighted by Crippen LogP contribution is 2.54. The van der Waals surface area contributed by atoms with Crippen molar-refractivity contribution in [2.75, 3.05) is 67.3 Å². The normalized spacial score (nSPS) is 23.0. The van der Waals surface area contributed by atoms with Crippen molar-refractivity contribution in [2.45, 2.75) is 70.9 Å². The molecule has 2 unspecified atom stereocenters. The van der Waals surface area contributed by atoms with Crippen LogP contribution in [-0.2, 0) is 36.9 Å². The van der Waals surface area contributed by atoms with Crippen LogP contribution in [0.4, 0.5) is 0 Å². The van der Waals surface area contributed by atoms with Gasteiger partial charge in [-0.15, -0.1) is 0 Å². The molecule has 6 N–H and O–H groups in total. The van der Waals surface area contributed by atoms with Crippen molar-refractivity contribution < 1.29 is 38.1 Å². The molecule has 15 heteroatoms. The molecule has 1 spiro atoms. The topological polar surface area (TPSA) is 185 Å². The summed E-state index contributed by atoms with van der Waals surface area (Å²) in [6.07, 6.45) is 5.62. The lowest BCUT2D eigenvalue weighted by molar-refractivity contribution is -0.169. The van der Waals surface area contributed by atoms with Crippen LogP contribution in [0, 0.1) is 16.7 Å². The van der Waals surface area contributed by atoms with Gasteiger partial charge in [-0.3, -0.25) is 14.4 Å². The summed E-state index contributed by atoms with van der Waals surface area (Å²) in [4.78, 5) is 46.5. The Hall–Kier alpha value is -4.24. The Kier molecular flexibility index (Phi) is 12.9.